The van der Waals surface area contributed by atoms with Gasteiger partial charge in [-0.05, 0) is 50.1 Å². The summed E-state index contributed by atoms with van der Waals surface area (Å²) in [5.41, 5.74) is 4.76. The quantitative estimate of drug-likeness (QED) is 0.522. The second-order valence-electron chi connectivity index (χ2n) is 7.55. The number of nitrogens with zero attached hydrogens (tertiary/aromatic N) is 4. The summed E-state index contributed by atoms with van der Waals surface area (Å²) in [4.78, 5) is 30.7. The van der Waals surface area contributed by atoms with Crippen LogP contribution in [0.5, 0.6) is 0 Å². The molecule has 0 spiro atoms. The fourth-order valence-electron chi connectivity index (χ4n) is 3.26. The van der Waals surface area contributed by atoms with E-state index in [1.54, 1.807) is 4.90 Å². The normalized spacial score (nSPS) is 13.9. The molecule has 2 aromatic carbocycles. The van der Waals surface area contributed by atoms with Gasteiger partial charge in [0.25, 0.3) is 0 Å². The number of amides is 2. The average Bonchev–Trinajstić information content (AvgIpc) is 3.37. The molecule has 8 heteroatoms. The molecular weight excluding hydrogens is 410 g/mol. The van der Waals surface area contributed by atoms with E-state index in [9.17, 15) is 9.59 Å². The van der Waals surface area contributed by atoms with Crippen molar-refractivity contribution in [3.63, 3.8) is 0 Å². The van der Waals surface area contributed by atoms with Gasteiger partial charge in [-0.3, -0.25) is 14.5 Å². The van der Waals surface area contributed by atoms with E-state index in [0.717, 1.165) is 23.2 Å². The molecule has 0 radical (unpaired) electrons. The number of carbonyl (C=O) groups excluding carboxylic acids is 2. The van der Waals surface area contributed by atoms with Crippen LogP contribution in [0.1, 0.15) is 29.7 Å². The van der Waals surface area contributed by atoms with Crippen LogP contribution in [0.15, 0.2) is 58.1 Å². The van der Waals surface area contributed by atoms with E-state index in [1.807, 2.05) is 61.7 Å². The molecule has 1 N–H and O–H groups in total. The molecule has 1 fully saturated rings. The van der Waals surface area contributed by atoms with Crippen LogP contribution < -0.4 is 10.2 Å². The number of thiazole rings is 1. The van der Waals surface area contributed by atoms with E-state index in [4.69, 9.17) is 0 Å². The molecule has 31 heavy (non-hydrogen) atoms. The minimum absolute atomic E-state index is 0.0913. The van der Waals surface area contributed by atoms with Crippen molar-refractivity contribution in [2.75, 3.05) is 16.8 Å². The highest BCUT2D eigenvalue weighted by atomic mass is 32.1. The molecule has 158 valence electrons. The molecule has 0 atom stereocenters. The minimum atomic E-state index is -0.194. The molecule has 2 heterocycles. The number of rotatable bonds is 6. The first-order valence-electron chi connectivity index (χ1n) is 10.1. The topological polar surface area (TPSA) is 87.0 Å². The summed E-state index contributed by atoms with van der Waals surface area (Å²) in [6.45, 7) is 4.67. The van der Waals surface area contributed by atoms with Crippen LogP contribution in [0.3, 0.4) is 0 Å². The molecule has 0 saturated carbocycles. The third-order valence-electron chi connectivity index (χ3n) is 4.92. The van der Waals surface area contributed by atoms with Crippen LogP contribution in [0.25, 0.3) is 0 Å². The van der Waals surface area contributed by atoms with E-state index < -0.39 is 0 Å². The Balaban J connectivity index is 1.45. The zero-order valence-corrected chi connectivity index (χ0v) is 18.3. The number of hydrogen-bond donors (Lipinski definition) is 1. The lowest BCUT2D eigenvalue weighted by Gasteiger charge is -2.10. The van der Waals surface area contributed by atoms with E-state index in [2.05, 4.69) is 20.5 Å². The zero-order valence-electron chi connectivity index (χ0n) is 17.5. The molecule has 7 nitrogen and oxygen atoms in total. The number of benzene rings is 2. The van der Waals surface area contributed by atoms with Gasteiger partial charge in [0.05, 0.1) is 23.5 Å². The molecule has 3 aromatic rings. The van der Waals surface area contributed by atoms with Crippen molar-refractivity contribution in [3.8, 4) is 0 Å². The molecule has 0 unspecified atom stereocenters. The van der Waals surface area contributed by atoms with Gasteiger partial charge in [-0.25, -0.2) is 4.98 Å². The summed E-state index contributed by atoms with van der Waals surface area (Å²) in [6, 6.07) is 13.4. The maximum atomic E-state index is 12.6. The predicted octanol–water partition coefficient (Wildman–Crippen LogP) is 5.48. The van der Waals surface area contributed by atoms with Crippen LogP contribution in [0.2, 0.25) is 0 Å². The Labute approximate surface area is 184 Å². The highest BCUT2D eigenvalue weighted by Gasteiger charge is 2.24. The van der Waals surface area contributed by atoms with Gasteiger partial charge in [0, 0.05) is 18.3 Å². The fourth-order valence-corrected chi connectivity index (χ4v) is 4.13. The molecule has 2 amide bonds. The summed E-state index contributed by atoms with van der Waals surface area (Å²) in [7, 11) is 0. The lowest BCUT2D eigenvalue weighted by atomic mass is 10.2. The first kappa shape index (κ1) is 20.9. The van der Waals surface area contributed by atoms with E-state index in [0.29, 0.717) is 35.2 Å². The molecule has 1 aliphatic heterocycles. The maximum Gasteiger partial charge on any atom is 0.230 e. The van der Waals surface area contributed by atoms with Gasteiger partial charge in [-0.1, -0.05) is 23.8 Å². The van der Waals surface area contributed by atoms with Gasteiger partial charge in [-0.2, -0.15) is 5.11 Å². The van der Waals surface area contributed by atoms with Crippen molar-refractivity contribution in [1.82, 2.24) is 4.98 Å². The summed E-state index contributed by atoms with van der Waals surface area (Å²) >= 11 is 1.39. The van der Waals surface area contributed by atoms with E-state index >= 15 is 0 Å². The largest absolute Gasteiger partial charge is 0.324 e. The molecule has 4 rings (SSSR count). The number of aromatic nitrogens is 1. The Bertz CT molecular complexity index is 1140. The fraction of sp³-hybridized carbons (Fsp3) is 0.261. The van der Waals surface area contributed by atoms with Crippen molar-refractivity contribution < 1.29 is 9.59 Å². The smallest absolute Gasteiger partial charge is 0.230 e. The molecule has 1 aliphatic rings. The second kappa shape index (κ2) is 9.18. The number of nitrogens with one attached hydrogen (secondary N) is 1. The van der Waals surface area contributed by atoms with Crippen molar-refractivity contribution >= 4 is 45.3 Å². The van der Waals surface area contributed by atoms with Crippen molar-refractivity contribution in [1.29, 1.82) is 0 Å². The first-order valence-corrected chi connectivity index (χ1v) is 11.0. The van der Waals surface area contributed by atoms with Gasteiger partial charge in [0.15, 0.2) is 5.13 Å². The van der Waals surface area contributed by atoms with Gasteiger partial charge >= 0.3 is 0 Å². The van der Waals surface area contributed by atoms with Crippen molar-refractivity contribution in [2.24, 2.45) is 10.2 Å². The van der Waals surface area contributed by atoms with Gasteiger partial charge < -0.3 is 5.32 Å². The first-order chi connectivity index (χ1) is 15.0. The van der Waals surface area contributed by atoms with Gasteiger partial charge in [0.2, 0.25) is 11.8 Å². The van der Waals surface area contributed by atoms with Crippen molar-refractivity contribution in [2.45, 2.75) is 33.1 Å². The Morgan fingerprint density at radius 2 is 1.90 bits per heavy atom. The van der Waals surface area contributed by atoms with Gasteiger partial charge in [-0.15, -0.1) is 16.5 Å². The number of hydrogen-bond acceptors (Lipinski definition) is 6. The van der Waals surface area contributed by atoms with Crippen LogP contribution in [-0.2, 0) is 16.0 Å². The highest BCUT2D eigenvalue weighted by molar-refractivity contribution is 7.14. The number of carbonyl (C=O) groups is 2. The Hall–Kier alpha value is -3.39. The maximum absolute atomic E-state index is 12.6. The van der Waals surface area contributed by atoms with Crippen LogP contribution in [0.4, 0.5) is 22.2 Å². The Morgan fingerprint density at radius 1 is 1.13 bits per heavy atom. The second-order valence-corrected chi connectivity index (χ2v) is 8.39. The zero-order chi connectivity index (χ0) is 21.8. The summed E-state index contributed by atoms with van der Waals surface area (Å²) in [6.07, 6.45) is 1.53. The Morgan fingerprint density at radius 3 is 2.65 bits per heavy atom. The molecule has 0 bridgehead atoms. The van der Waals surface area contributed by atoms with Crippen LogP contribution in [0, 0.1) is 13.8 Å². The lowest BCUT2D eigenvalue weighted by Crippen LogP contribution is -2.23. The predicted molar refractivity (Wildman–Crippen MR) is 123 cm³/mol. The standard InChI is InChI=1S/C23H23N5O2S/c1-15-5-8-17(9-6-15)26-27-20-12-16(2)7-10-19(20)25-21(29)13-18-14-31-23(24-18)28-11-3-4-22(28)30/h5-10,12,14H,3-4,11,13H2,1-2H3,(H,25,29). The third-order valence-corrected chi connectivity index (χ3v) is 5.83. The van der Waals surface area contributed by atoms with Crippen LogP contribution in [-0.4, -0.2) is 23.3 Å². The molecular formula is C23H23N5O2S. The average molecular weight is 434 g/mol. The van der Waals surface area contributed by atoms with Crippen LogP contribution >= 0.6 is 11.3 Å². The van der Waals surface area contributed by atoms with E-state index in [-0.39, 0.29) is 18.2 Å². The lowest BCUT2D eigenvalue weighted by molar-refractivity contribution is -0.117. The Kier molecular flexibility index (Phi) is 6.18. The number of anilines is 2. The highest BCUT2D eigenvalue weighted by Crippen LogP contribution is 2.29. The summed E-state index contributed by atoms with van der Waals surface area (Å²) in [5, 5.41) is 14.0. The molecule has 0 aliphatic carbocycles. The third kappa shape index (κ3) is 5.21. The van der Waals surface area contributed by atoms with E-state index in [1.165, 1.54) is 11.3 Å². The SMILES string of the molecule is Cc1ccc(N=Nc2cc(C)ccc2NC(=O)Cc2csc(N3CCCC3=O)n2)cc1. The summed E-state index contributed by atoms with van der Waals surface area (Å²) < 4.78 is 0. The van der Waals surface area contributed by atoms with Crippen molar-refractivity contribution in [3.05, 3.63) is 64.7 Å². The number of azo groups is 1. The molecule has 1 saturated heterocycles. The number of aryl methyl sites for hydroxylation is 2. The monoisotopic (exact) mass is 433 g/mol. The minimum Gasteiger partial charge on any atom is -0.324 e. The molecule has 1 aromatic heterocycles. The summed E-state index contributed by atoms with van der Waals surface area (Å²) in [5.74, 6) is -0.103. The van der Waals surface area contributed by atoms with Gasteiger partial charge in [0.1, 0.15) is 5.69 Å².